The van der Waals surface area contributed by atoms with E-state index in [2.05, 4.69) is 30.6 Å². The highest BCUT2D eigenvalue weighted by molar-refractivity contribution is 5.66. The Bertz CT molecular complexity index is 349. The monoisotopic (exact) mass is 276 g/mol. The van der Waals surface area contributed by atoms with Crippen LogP contribution in [0.5, 0.6) is 0 Å². The van der Waals surface area contributed by atoms with E-state index in [1.165, 1.54) is 44.9 Å². The molecule has 0 saturated heterocycles. The quantitative estimate of drug-likeness (QED) is 0.460. The van der Waals surface area contributed by atoms with E-state index in [9.17, 15) is 4.79 Å². The van der Waals surface area contributed by atoms with E-state index in [0.717, 1.165) is 6.42 Å². The molecule has 0 aliphatic heterocycles. The van der Waals surface area contributed by atoms with Gasteiger partial charge in [-0.2, -0.15) is 0 Å². The Morgan fingerprint density at radius 1 is 0.800 bits per heavy atom. The fourth-order valence-corrected chi connectivity index (χ4v) is 1.84. The Kier molecular flexibility index (Phi) is 14.5. The van der Waals surface area contributed by atoms with Gasteiger partial charge in [-0.05, 0) is 12.8 Å². The van der Waals surface area contributed by atoms with Gasteiger partial charge in [-0.1, -0.05) is 57.3 Å². The van der Waals surface area contributed by atoms with Crippen molar-refractivity contribution in [2.75, 3.05) is 0 Å². The molecule has 20 heavy (non-hydrogen) atoms. The van der Waals surface area contributed by atoms with Crippen molar-refractivity contribution in [3.63, 3.8) is 0 Å². The Morgan fingerprint density at radius 2 is 1.35 bits per heavy atom. The number of carboxylic acid groups (broad SMARTS) is 1. The van der Waals surface area contributed by atoms with Crippen LogP contribution in [0.25, 0.3) is 0 Å². The molecule has 1 N–H and O–H groups in total. The Morgan fingerprint density at radius 3 is 1.95 bits per heavy atom. The number of hydrogen-bond acceptors (Lipinski definition) is 1. The molecule has 0 saturated carbocycles. The second-order valence-electron chi connectivity index (χ2n) is 5.00. The fourth-order valence-electron chi connectivity index (χ4n) is 1.84. The summed E-state index contributed by atoms with van der Waals surface area (Å²) >= 11 is 0. The molecule has 0 heterocycles. The van der Waals surface area contributed by atoms with Gasteiger partial charge in [0.1, 0.15) is 0 Å². The Labute approximate surface area is 124 Å². The molecule has 0 rings (SSSR count). The molecule has 0 radical (unpaired) electrons. The summed E-state index contributed by atoms with van der Waals surface area (Å²) in [5.74, 6) is 11.4. The van der Waals surface area contributed by atoms with Crippen LogP contribution in [0.2, 0.25) is 0 Å². The highest BCUT2D eigenvalue weighted by atomic mass is 16.4. The van der Waals surface area contributed by atoms with Gasteiger partial charge in [-0.3, -0.25) is 4.79 Å². The second-order valence-corrected chi connectivity index (χ2v) is 5.00. The minimum atomic E-state index is -0.749. The van der Waals surface area contributed by atoms with Crippen molar-refractivity contribution in [3.8, 4) is 23.7 Å². The summed E-state index contributed by atoms with van der Waals surface area (Å²) in [5, 5.41) is 8.45. The number of rotatable bonds is 10. The van der Waals surface area contributed by atoms with Crippen molar-refractivity contribution in [2.45, 2.75) is 84.0 Å². The van der Waals surface area contributed by atoms with Crippen LogP contribution in [-0.2, 0) is 4.79 Å². The molecule has 0 spiro atoms. The van der Waals surface area contributed by atoms with E-state index in [4.69, 9.17) is 5.11 Å². The molecular weight excluding hydrogens is 248 g/mol. The van der Waals surface area contributed by atoms with Crippen molar-refractivity contribution in [2.24, 2.45) is 0 Å². The number of carboxylic acids is 1. The average Bonchev–Trinajstić information content (AvgIpc) is 2.43. The molecule has 2 heteroatoms. The number of carbonyl (C=O) groups is 1. The Hall–Kier alpha value is -1.41. The summed E-state index contributed by atoms with van der Waals surface area (Å²) in [6.45, 7) is 2.24. The van der Waals surface area contributed by atoms with Crippen LogP contribution in [0.3, 0.4) is 0 Å². The highest BCUT2D eigenvalue weighted by Crippen LogP contribution is 2.07. The molecule has 0 unspecified atom stereocenters. The molecule has 0 aromatic carbocycles. The van der Waals surface area contributed by atoms with Crippen molar-refractivity contribution >= 4 is 5.97 Å². The van der Waals surface area contributed by atoms with Crippen LogP contribution in [0.15, 0.2) is 0 Å². The lowest BCUT2D eigenvalue weighted by Crippen LogP contribution is -1.92. The van der Waals surface area contributed by atoms with E-state index in [1.54, 1.807) is 0 Å². The first-order valence-corrected chi connectivity index (χ1v) is 7.90. The van der Waals surface area contributed by atoms with Gasteiger partial charge in [0.05, 0.1) is 6.42 Å². The molecule has 2 nitrogen and oxygen atoms in total. The molecule has 0 aromatic heterocycles. The zero-order valence-corrected chi connectivity index (χ0v) is 12.8. The summed E-state index contributed by atoms with van der Waals surface area (Å²) in [5.41, 5.74) is 0. The van der Waals surface area contributed by atoms with Crippen LogP contribution in [-0.4, -0.2) is 11.1 Å². The lowest BCUT2D eigenvalue weighted by Gasteiger charge is -1.97. The predicted molar refractivity (Wildman–Crippen MR) is 84.3 cm³/mol. The lowest BCUT2D eigenvalue weighted by atomic mass is 10.1. The SMILES string of the molecule is CCCCCCCCCC#CCC#CCCCC(=O)O. The first kappa shape index (κ1) is 18.6. The summed E-state index contributed by atoms with van der Waals surface area (Å²) in [6.07, 6.45) is 12.3. The molecular formula is C18H28O2. The Balaban J connectivity index is 3.28. The third-order valence-corrected chi connectivity index (χ3v) is 3.02. The van der Waals surface area contributed by atoms with E-state index >= 15 is 0 Å². The van der Waals surface area contributed by atoms with E-state index in [1.807, 2.05) is 0 Å². The molecule has 0 aromatic rings. The van der Waals surface area contributed by atoms with Gasteiger partial charge >= 0.3 is 5.97 Å². The largest absolute Gasteiger partial charge is 0.481 e. The molecule has 0 atom stereocenters. The standard InChI is InChI=1S/C18H28O2/c1-2-3-4-5-6-7-8-9-10-11-12-13-14-15-16-17-18(19)20/h2-9,12,15-17H2,1H3,(H,19,20). The molecule has 0 aliphatic rings. The van der Waals surface area contributed by atoms with Gasteiger partial charge in [-0.25, -0.2) is 0 Å². The molecule has 0 aliphatic carbocycles. The maximum absolute atomic E-state index is 10.3. The van der Waals surface area contributed by atoms with Crippen LogP contribution in [0, 0.1) is 23.7 Å². The maximum Gasteiger partial charge on any atom is 0.303 e. The van der Waals surface area contributed by atoms with Gasteiger partial charge < -0.3 is 5.11 Å². The van der Waals surface area contributed by atoms with Gasteiger partial charge in [0, 0.05) is 19.3 Å². The van der Waals surface area contributed by atoms with Gasteiger partial charge in [0.2, 0.25) is 0 Å². The van der Waals surface area contributed by atoms with Crippen molar-refractivity contribution in [1.29, 1.82) is 0 Å². The lowest BCUT2D eigenvalue weighted by molar-refractivity contribution is -0.137. The van der Waals surface area contributed by atoms with E-state index in [0.29, 0.717) is 19.3 Å². The third-order valence-electron chi connectivity index (χ3n) is 3.02. The number of aliphatic carboxylic acids is 1. The molecule has 0 amide bonds. The summed E-state index contributed by atoms with van der Waals surface area (Å²) in [6, 6.07) is 0. The minimum absolute atomic E-state index is 0.207. The summed E-state index contributed by atoms with van der Waals surface area (Å²) in [4.78, 5) is 10.3. The van der Waals surface area contributed by atoms with Crippen molar-refractivity contribution in [3.05, 3.63) is 0 Å². The third kappa shape index (κ3) is 16.6. The topological polar surface area (TPSA) is 37.3 Å². The van der Waals surface area contributed by atoms with Gasteiger partial charge in [0.15, 0.2) is 0 Å². The first-order chi connectivity index (χ1) is 9.77. The molecule has 0 fully saturated rings. The van der Waals surface area contributed by atoms with Crippen LogP contribution >= 0.6 is 0 Å². The summed E-state index contributed by atoms with van der Waals surface area (Å²) in [7, 11) is 0. The number of unbranched alkanes of at least 4 members (excludes halogenated alkanes) is 8. The van der Waals surface area contributed by atoms with Crippen LogP contribution in [0.4, 0.5) is 0 Å². The molecule has 0 bridgehead atoms. The predicted octanol–water partition coefficient (Wildman–Crippen LogP) is 4.78. The normalized spacial score (nSPS) is 9.25. The van der Waals surface area contributed by atoms with Gasteiger partial charge in [-0.15, -0.1) is 11.8 Å². The van der Waals surface area contributed by atoms with E-state index in [-0.39, 0.29) is 6.42 Å². The van der Waals surface area contributed by atoms with Crippen molar-refractivity contribution < 1.29 is 9.90 Å². The average molecular weight is 276 g/mol. The van der Waals surface area contributed by atoms with Crippen molar-refractivity contribution in [1.82, 2.24) is 0 Å². The van der Waals surface area contributed by atoms with Crippen LogP contribution in [0.1, 0.15) is 84.0 Å². The smallest absolute Gasteiger partial charge is 0.303 e. The second kappa shape index (κ2) is 15.6. The highest BCUT2D eigenvalue weighted by Gasteiger charge is 1.92. The number of hydrogen-bond donors (Lipinski definition) is 1. The summed E-state index contributed by atoms with van der Waals surface area (Å²) < 4.78 is 0. The first-order valence-electron chi connectivity index (χ1n) is 7.90. The molecule has 112 valence electrons. The van der Waals surface area contributed by atoms with Gasteiger partial charge in [0.25, 0.3) is 0 Å². The van der Waals surface area contributed by atoms with E-state index < -0.39 is 5.97 Å². The fraction of sp³-hybridized carbons (Fsp3) is 0.722. The zero-order chi connectivity index (χ0) is 14.9. The zero-order valence-electron chi connectivity index (χ0n) is 12.8. The maximum atomic E-state index is 10.3. The van der Waals surface area contributed by atoms with Crippen LogP contribution < -0.4 is 0 Å². The minimum Gasteiger partial charge on any atom is -0.481 e.